The molecule has 1 aliphatic carbocycles. The maximum atomic E-state index is 12.5. The van der Waals surface area contributed by atoms with E-state index in [0.29, 0.717) is 18.2 Å². The number of carbonyl (C=O) groups excluding carboxylic acids is 1. The third-order valence-corrected chi connectivity index (χ3v) is 7.05. The second-order valence-corrected chi connectivity index (χ2v) is 9.43. The molecule has 1 amide bonds. The normalized spacial score (nSPS) is 14.1. The van der Waals surface area contributed by atoms with Crippen LogP contribution in [0.25, 0.3) is 0 Å². The Morgan fingerprint density at radius 3 is 2.65 bits per heavy atom. The molecule has 3 aromatic rings. The zero-order valence-corrected chi connectivity index (χ0v) is 19.3. The number of thioether (sulfide) groups is 1. The van der Waals surface area contributed by atoms with Gasteiger partial charge in [0.1, 0.15) is 10.9 Å². The summed E-state index contributed by atoms with van der Waals surface area (Å²) < 4.78 is 2.33. The maximum Gasteiger partial charge on any atom is 0.251 e. The second kappa shape index (κ2) is 10.8. The van der Waals surface area contributed by atoms with Gasteiger partial charge in [-0.25, -0.2) is 4.98 Å². The van der Waals surface area contributed by atoms with Crippen LogP contribution in [0.15, 0.2) is 63.7 Å². The average molecular weight is 454 g/mol. The molecule has 1 N–H and O–H groups in total. The molecule has 8 heteroatoms. The number of aromatic nitrogens is 4. The standard InChI is InChI=1S/C23H27N5OS2/c1-30-23-27-26-20(28(23)18-7-2-3-8-18)9-6-16-25-22(29)17-11-13-19(14-12-17)31-21-10-4-5-15-24-21/h4-5,10-15,18H,2-3,6-9,16H2,1H3,(H,25,29). The molecule has 2 aromatic heterocycles. The van der Waals surface area contributed by atoms with Crippen molar-refractivity contribution >= 4 is 29.4 Å². The molecular formula is C23H27N5OS2. The lowest BCUT2D eigenvalue weighted by Gasteiger charge is -2.16. The highest BCUT2D eigenvalue weighted by Crippen LogP contribution is 2.33. The van der Waals surface area contributed by atoms with Crippen molar-refractivity contribution in [3.05, 3.63) is 60.0 Å². The molecule has 1 saturated carbocycles. The van der Waals surface area contributed by atoms with Crippen LogP contribution in [0, 0.1) is 0 Å². The van der Waals surface area contributed by atoms with Gasteiger partial charge in [-0.2, -0.15) is 0 Å². The first-order chi connectivity index (χ1) is 15.2. The molecule has 1 aliphatic rings. The lowest BCUT2D eigenvalue weighted by Crippen LogP contribution is -2.25. The monoisotopic (exact) mass is 453 g/mol. The minimum Gasteiger partial charge on any atom is -0.352 e. The first kappa shape index (κ1) is 21.9. The van der Waals surface area contributed by atoms with E-state index in [-0.39, 0.29) is 5.91 Å². The minimum atomic E-state index is -0.0450. The van der Waals surface area contributed by atoms with Crippen LogP contribution in [-0.4, -0.2) is 38.5 Å². The SMILES string of the molecule is CSc1nnc(CCCNC(=O)c2ccc(Sc3ccccn3)cc2)n1C1CCCC1. The lowest BCUT2D eigenvalue weighted by molar-refractivity contribution is 0.0953. The van der Waals surface area contributed by atoms with Gasteiger partial charge in [-0.15, -0.1) is 10.2 Å². The summed E-state index contributed by atoms with van der Waals surface area (Å²) in [5.74, 6) is 0.998. The number of nitrogens with one attached hydrogen (secondary N) is 1. The highest BCUT2D eigenvalue weighted by Gasteiger charge is 2.23. The van der Waals surface area contributed by atoms with E-state index in [9.17, 15) is 4.79 Å². The molecule has 31 heavy (non-hydrogen) atoms. The minimum absolute atomic E-state index is 0.0450. The Hall–Kier alpha value is -2.32. The zero-order valence-electron chi connectivity index (χ0n) is 17.7. The first-order valence-corrected chi connectivity index (χ1v) is 12.7. The van der Waals surface area contributed by atoms with Crippen molar-refractivity contribution in [1.82, 2.24) is 25.1 Å². The van der Waals surface area contributed by atoms with E-state index in [0.717, 1.165) is 33.7 Å². The number of hydrogen-bond acceptors (Lipinski definition) is 6. The van der Waals surface area contributed by atoms with E-state index >= 15 is 0 Å². The number of rotatable bonds is 9. The number of amides is 1. The number of hydrogen-bond donors (Lipinski definition) is 1. The summed E-state index contributed by atoms with van der Waals surface area (Å²) in [5, 5.41) is 13.8. The third-order valence-electron chi connectivity index (χ3n) is 5.45. The summed E-state index contributed by atoms with van der Waals surface area (Å²) in [6.07, 6.45) is 10.5. The Morgan fingerprint density at radius 2 is 1.94 bits per heavy atom. The third kappa shape index (κ3) is 5.68. The van der Waals surface area contributed by atoms with Crippen LogP contribution in [0.4, 0.5) is 0 Å². The molecule has 0 bridgehead atoms. The maximum absolute atomic E-state index is 12.5. The van der Waals surface area contributed by atoms with Crippen molar-refractivity contribution in [2.24, 2.45) is 0 Å². The van der Waals surface area contributed by atoms with Gasteiger partial charge in [-0.3, -0.25) is 4.79 Å². The van der Waals surface area contributed by atoms with Crippen LogP contribution in [0.1, 0.15) is 54.3 Å². The van der Waals surface area contributed by atoms with Gasteiger partial charge in [0.05, 0.1) is 0 Å². The van der Waals surface area contributed by atoms with Crippen LogP contribution >= 0.6 is 23.5 Å². The summed E-state index contributed by atoms with van der Waals surface area (Å²) >= 11 is 3.24. The van der Waals surface area contributed by atoms with E-state index in [1.54, 1.807) is 29.7 Å². The predicted octanol–water partition coefficient (Wildman–Crippen LogP) is 5.02. The zero-order chi connectivity index (χ0) is 21.5. The highest BCUT2D eigenvalue weighted by molar-refractivity contribution is 7.99. The van der Waals surface area contributed by atoms with E-state index in [4.69, 9.17) is 0 Å². The fraction of sp³-hybridized carbons (Fsp3) is 0.391. The number of carbonyl (C=O) groups is 1. The summed E-state index contributed by atoms with van der Waals surface area (Å²) in [4.78, 5) is 17.9. The molecule has 0 spiro atoms. The molecule has 2 heterocycles. The Balaban J connectivity index is 1.26. The molecular weight excluding hydrogens is 426 g/mol. The molecule has 1 aromatic carbocycles. The smallest absolute Gasteiger partial charge is 0.251 e. The second-order valence-electron chi connectivity index (χ2n) is 7.57. The van der Waals surface area contributed by atoms with E-state index < -0.39 is 0 Å². The van der Waals surface area contributed by atoms with Gasteiger partial charge in [0.2, 0.25) is 0 Å². The summed E-state index contributed by atoms with van der Waals surface area (Å²) in [7, 11) is 0. The van der Waals surface area contributed by atoms with Gasteiger partial charge in [0, 0.05) is 35.7 Å². The Kier molecular flexibility index (Phi) is 7.64. The molecule has 0 aliphatic heterocycles. The predicted molar refractivity (Wildman–Crippen MR) is 125 cm³/mol. The Morgan fingerprint density at radius 1 is 1.13 bits per heavy atom. The van der Waals surface area contributed by atoms with Gasteiger partial charge >= 0.3 is 0 Å². The lowest BCUT2D eigenvalue weighted by atomic mass is 10.2. The number of nitrogens with zero attached hydrogens (tertiary/aromatic N) is 4. The first-order valence-electron chi connectivity index (χ1n) is 10.7. The van der Waals surface area contributed by atoms with Gasteiger partial charge in [0.15, 0.2) is 5.16 Å². The van der Waals surface area contributed by atoms with E-state index in [2.05, 4.69) is 31.3 Å². The molecule has 6 nitrogen and oxygen atoms in total. The fourth-order valence-corrected chi connectivity index (χ4v) is 5.25. The summed E-state index contributed by atoms with van der Waals surface area (Å²) in [6.45, 7) is 0.620. The van der Waals surface area contributed by atoms with Gasteiger partial charge < -0.3 is 9.88 Å². The molecule has 162 valence electrons. The van der Waals surface area contributed by atoms with E-state index in [1.807, 2.05) is 42.5 Å². The molecule has 0 saturated heterocycles. The molecule has 0 radical (unpaired) electrons. The molecule has 0 atom stereocenters. The van der Waals surface area contributed by atoms with Crippen LogP contribution in [0.3, 0.4) is 0 Å². The molecule has 4 rings (SSSR count). The van der Waals surface area contributed by atoms with Crippen LogP contribution in [0.2, 0.25) is 0 Å². The van der Waals surface area contributed by atoms with Gasteiger partial charge in [-0.1, -0.05) is 42.4 Å². The largest absolute Gasteiger partial charge is 0.352 e. The number of aryl methyl sites for hydroxylation is 1. The van der Waals surface area contributed by atoms with Crippen molar-refractivity contribution in [2.45, 2.75) is 59.6 Å². The fourth-order valence-electron chi connectivity index (χ4n) is 3.90. The van der Waals surface area contributed by atoms with Crippen LogP contribution in [-0.2, 0) is 6.42 Å². The van der Waals surface area contributed by atoms with Gasteiger partial charge in [0.25, 0.3) is 5.91 Å². The van der Waals surface area contributed by atoms with E-state index in [1.165, 1.54) is 25.7 Å². The van der Waals surface area contributed by atoms with Crippen molar-refractivity contribution in [1.29, 1.82) is 0 Å². The van der Waals surface area contributed by atoms with Crippen LogP contribution < -0.4 is 5.32 Å². The number of benzene rings is 1. The Labute approximate surface area is 191 Å². The van der Waals surface area contributed by atoms with Crippen molar-refractivity contribution in [3.63, 3.8) is 0 Å². The van der Waals surface area contributed by atoms with Crippen molar-refractivity contribution in [3.8, 4) is 0 Å². The Bertz CT molecular complexity index is 985. The van der Waals surface area contributed by atoms with Crippen molar-refractivity contribution < 1.29 is 4.79 Å². The molecule has 0 unspecified atom stereocenters. The molecule has 1 fully saturated rings. The van der Waals surface area contributed by atoms with Gasteiger partial charge in [-0.05, 0) is 61.9 Å². The van der Waals surface area contributed by atoms with Crippen LogP contribution in [0.5, 0.6) is 0 Å². The number of pyridine rings is 1. The average Bonchev–Trinajstić information content (AvgIpc) is 3.47. The highest BCUT2D eigenvalue weighted by atomic mass is 32.2. The quantitative estimate of drug-likeness (QED) is 0.362. The van der Waals surface area contributed by atoms with Crippen molar-refractivity contribution in [2.75, 3.05) is 12.8 Å². The summed E-state index contributed by atoms with van der Waals surface area (Å²) in [6, 6.07) is 14.0. The summed E-state index contributed by atoms with van der Waals surface area (Å²) in [5.41, 5.74) is 0.671. The topological polar surface area (TPSA) is 72.7 Å².